The topological polar surface area (TPSA) is 18.5 Å². The second kappa shape index (κ2) is 9.06. The first-order valence-electron chi connectivity index (χ1n) is 14.3. The highest BCUT2D eigenvalue weighted by Crippen LogP contribution is 2.60. The summed E-state index contributed by atoms with van der Waals surface area (Å²) in [5.41, 5.74) is 6.69. The molecule has 7 atom stereocenters. The SMILES string of the molecule is CCC(C)c1ccc(OC(OC2CC3CC2C2CCCC32)C2c3ccccc3-c3ccccc32)cc1. The van der Waals surface area contributed by atoms with E-state index in [-0.39, 0.29) is 12.2 Å². The summed E-state index contributed by atoms with van der Waals surface area (Å²) in [7, 11) is 0. The lowest BCUT2D eigenvalue weighted by Gasteiger charge is -2.36. The molecule has 0 heterocycles. The van der Waals surface area contributed by atoms with Crippen molar-refractivity contribution in [3.63, 3.8) is 0 Å². The fourth-order valence-corrected chi connectivity index (χ4v) is 8.24. The van der Waals surface area contributed by atoms with Crippen LogP contribution < -0.4 is 4.74 Å². The molecule has 186 valence electrons. The third-order valence-electron chi connectivity index (χ3n) is 10.1. The fourth-order valence-electron chi connectivity index (χ4n) is 8.24. The van der Waals surface area contributed by atoms with E-state index in [2.05, 4.69) is 86.6 Å². The molecule has 2 bridgehead atoms. The molecule has 0 amide bonds. The number of rotatable bonds is 7. The Balaban J connectivity index is 1.23. The molecule has 2 heteroatoms. The second-order valence-corrected chi connectivity index (χ2v) is 11.8. The summed E-state index contributed by atoms with van der Waals surface area (Å²) in [6.07, 6.45) is 8.00. The van der Waals surface area contributed by atoms with Crippen LogP contribution in [0.2, 0.25) is 0 Å². The molecule has 0 spiro atoms. The van der Waals surface area contributed by atoms with E-state index in [1.165, 1.54) is 59.9 Å². The number of fused-ring (bicyclic) bond motifs is 8. The molecule has 0 saturated heterocycles. The average molecular weight is 479 g/mol. The maximum atomic E-state index is 7.13. The van der Waals surface area contributed by atoms with Gasteiger partial charge in [-0.3, -0.25) is 0 Å². The van der Waals surface area contributed by atoms with Gasteiger partial charge in [-0.15, -0.1) is 0 Å². The smallest absolute Gasteiger partial charge is 0.211 e. The lowest BCUT2D eigenvalue weighted by molar-refractivity contribution is -0.148. The van der Waals surface area contributed by atoms with Crippen LogP contribution in [0.1, 0.15) is 80.9 Å². The largest absolute Gasteiger partial charge is 0.464 e. The van der Waals surface area contributed by atoms with Crippen LogP contribution in [0.5, 0.6) is 5.75 Å². The van der Waals surface area contributed by atoms with Gasteiger partial charge in [-0.25, -0.2) is 0 Å². The van der Waals surface area contributed by atoms with E-state index in [9.17, 15) is 0 Å². The Bertz CT molecular complexity index is 1180. The quantitative estimate of drug-likeness (QED) is 0.317. The number of benzene rings is 3. The van der Waals surface area contributed by atoms with Gasteiger partial charge >= 0.3 is 0 Å². The van der Waals surface area contributed by atoms with Crippen LogP contribution in [0.25, 0.3) is 11.1 Å². The molecular weight excluding hydrogens is 440 g/mol. The first-order chi connectivity index (χ1) is 17.7. The molecule has 3 aromatic carbocycles. The molecule has 2 nitrogen and oxygen atoms in total. The highest BCUT2D eigenvalue weighted by molar-refractivity contribution is 5.79. The van der Waals surface area contributed by atoms with Crippen molar-refractivity contribution in [3.8, 4) is 16.9 Å². The second-order valence-electron chi connectivity index (χ2n) is 11.8. The van der Waals surface area contributed by atoms with Crippen molar-refractivity contribution in [1.82, 2.24) is 0 Å². The van der Waals surface area contributed by atoms with E-state index >= 15 is 0 Å². The normalized spacial score (nSPS) is 29.6. The predicted molar refractivity (Wildman–Crippen MR) is 145 cm³/mol. The lowest BCUT2D eigenvalue weighted by atomic mass is 9.80. The van der Waals surface area contributed by atoms with E-state index in [4.69, 9.17) is 9.47 Å². The highest BCUT2D eigenvalue weighted by Gasteiger charge is 2.55. The molecule has 3 saturated carbocycles. The zero-order valence-electron chi connectivity index (χ0n) is 21.6. The van der Waals surface area contributed by atoms with E-state index in [1.54, 1.807) is 0 Å². The molecule has 4 aliphatic carbocycles. The van der Waals surface area contributed by atoms with Gasteiger partial charge in [0.05, 0.1) is 12.0 Å². The lowest BCUT2D eigenvalue weighted by Crippen LogP contribution is -2.38. The molecule has 0 aromatic heterocycles. The molecule has 3 aromatic rings. The third-order valence-corrected chi connectivity index (χ3v) is 10.1. The van der Waals surface area contributed by atoms with Gasteiger partial charge in [0.25, 0.3) is 0 Å². The summed E-state index contributed by atoms with van der Waals surface area (Å²) in [5.74, 6) is 5.00. The van der Waals surface area contributed by atoms with Crippen molar-refractivity contribution in [2.75, 3.05) is 0 Å². The average Bonchev–Trinajstić information content (AvgIpc) is 3.69. The molecule has 0 radical (unpaired) electrons. The van der Waals surface area contributed by atoms with Gasteiger partial charge in [0.2, 0.25) is 6.29 Å². The molecule has 7 unspecified atom stereocenters. The summed E-state index contributed by atoms with van der Waals surface area (Å²) >= 11 is 0. The Morgan fingerprint density at radius 1 is 0.778 bits per heavy atom. The number of hydrogen-bond donors (Lipinski definition) is 0. The van der Waals surface area contributed by atoms with Gasteiger partial charge in [0.1, 0.15) is 5.75 Å². The Labute approximate surface area is 216 Å². The van der Waals surface area contributed by atoms with Crippen molar-refractivity contribution in [2.45, 2.75) is 76.6 Å². The van der Waals surface area contributed by atoms with Crippen molar-refractivity contribution >= 4 is 0 Å². The van der Waals surface area contributed by atoms with Crippen LogP contribution >= 0.6 is 0 Å². The minimum absolute atomic E-state index is 0.0881. The molecule has 7 rings (SSSR count). The molecular formula is C34H38O2. The van der Waals surface area contributed by atoms with Gasteiger partial charge in [0, 0.05) is 0 Å². The van der Waals surface area contributed by atoms with Crippen LogP contribution in [-0.2, 0) is 4.74 Å². The Morgan fingerprint density at radius 2 is 1.44 bits per heavy atom. The Morgan fingerprint density at radius 3 is 2.14 bits per heavy atom. The number of hydrogen-bond acceptors (Lipinski definition) is 2. The fraction of sp³-hybridized carbons (Fsp3) is 0.471. The maximum Gasteiger partial charge on any atom is 0.211 e. The van der Waals surface area contributed by atoms with Crippen molar-refractivity contribution in [3.05, 3.63) is 89.5 Å². The van der Waals surface area contributed by atoms with Crippen molar-refractivity contribution in [1.29, 1.82) is 0 Å². The summed E-state index contributed by atoms with van der Waals surface area (Å²) in [5, 5.41) is 0. The zero-order valence-corrected chi connectivity index (χ0v) is 21.6. The maximum absolute atomic E-state index is 7.13. The summed E-state index contributed by atoms with van der Waals surface area (Å²) < 4.78 is 14.0. The van der Waals surface area contributed by atoms with Crippen molar-refractivity contribution < 1.29 is 9.47 Å². The molecule has 3 fully saturated rings. The van der Waals surface area contributed by atoms with E-state index < -0.39 is 0 Å². The summed E-state index contributed by atoms with van der Waals surface area (Å²) in [4.78, 5) is 0. The monoisotopic (exact) mass is 478 g/mol. The minimum atomic E-state index is -0.326. The van der Waals surface area contributed by atoms with Crippen LogP contribution in [-0.4, -0.2) is 12.4 Å². The third kappa shape index (κ3) is 3.64. The van der Waals surface area contributed by atoms with E-state index in [0.29, 0.717) is 17.9 Å². The van der Waals surface area contributed by atoms with Crippen LogP contribution in [0.3, 0.4) is 0 Å². The molecule has 0 aliphatic heterocycles. The van der Waals surface area contributed by atoms with Crippen LogP contribution in [0.15, 0.2) is 72.8 Å². The molecule has 4 aliphatic rings. The van der Waals surface area contributed by atoms with Gasteiger partial charge < -0.3 is 9.47 Å². The van der Waals surface area contributed by atoms with Crippen LogP contribution in [0.4, 0.5) is 0 Å². The first kappa shape index (κ1) is 22.6. The Kier molecular flexibility index (Phi) is 5.69. The summed E-state index contributed by atoms with van der Waals surface area (Å²) in [6, 6.07) is 26.5. The van der Waals surface area contributed by atoms with E-state index in [1.807, 2.05) is 0 Å². The zero-order chi connectivity index (χ0) is 24.2. The van der Waals surface area contributed by atoms with Gasteiger partial charge in [-0.1, -0.05) is 80.9 Å². The highest BCUT2D eigenvalue weighted by atomic mass is 16.7. The van der Waals surface area contributed by atoms with Crippen LogP contribution in [0, 0.1) is 23.7 Å². The Hall–Kier alpha value is -2.58. The first-order valence-corrected chi connectivity index (χ1v) is 14.3. The van der Waals surface area contributed by atoms with Crippen molar-refractivity contribution in [2.24, 2.45) is 23.7 Å². The van der Waals surface area contributed by atoms with E-state index in [0.717, 1.165) is 29.9 Å². The molecule has 36 heavy (non-hydrogen) atoms. The van der Waals surface area contributed by atoms with Gasteiger partial charge in [-0.2, -0.15) is 0 Å². The minimum Gasteiger partial charge on any atom is -0.464 e. The number of ether oxygens (including phenoxy) is 2. The summed E-state index contributed by atoms with van der Waals surface area (Å²) in [6.45, 7) is 4.54. The molecule has 0 N–H and O–H groups in total. The van der Waals surface area contributed by atoms with Gasteiger partial charge in [-0.05, 0) is 102 Å². The van der Waals surface area contributed by atoms with Gasteiger partial charge in [0.15, 0.2) is 0 Å². The standard InChI is InChI=1S/C34H38O2/c1-3-21(2)22-15-17-24(18-16-22)35-34(36-32-20-23-19-31(32)26-14-8-13-25(23)26)33-29-11-6-4-9-27(29)28-10-5-7-12-30(28)33/h4-7,9-12,15-18,21,23,25-26,31-34H,3,8,13-14,19-20H2,1-2H3. The predicted octanol–water partition coefficient (Wildman–Crippen LogP) is 8.56.